The molecule has 2 rings (SSSR count). The molecule has 9 heteroatoms. The molecule has 3 N–H and O–H groups in total. The number of para-hydroxylation sites is 1. The van der Waals surface area contributed by atoms with Gasteiger partial charge in [-0.25, -0.2) is 4.79 Å². The van der Waals surface area contributed by atoms with Crippen molar-refractivity contribution in [3.05, 3.63) is 29.3 Å². The molecular weight excluding hydrogens is 478 g/mol. The molecule has 0 aromatic heterocycles. The average molecular weight is 522 g/mol. The molecular formula is C27H43N3O5S. The second-order valence-corrected chi connectivity index (χ2v) is 11.4. The number of phenols is 1. The van der Waals surface area contributed by atoms with Crippen LogP contribution in [0.5, 0.6) is 5.75 Å². The summed E-state index contributed by atoms with van der Waals surface area (Å²) < 4.78 is 5.41. The molecule has 36 heavy (non-hydrogen) atoms. The Morgan fingerprint density at radius 3 is 2.50 bits per heavy atom. The van der Waals surface area contributed by atoms with Gasteiger partial charge in [-0.05, 0) is 71.0 Å². The third-order valence-electron chi connectivity index (χ3n) is 5.96. The predicted octanol–water partition coefficient (Wildman–Crippen LogP) is 4.69. The number of amides is 3. The van der Waals surface area contributed by atoms with Crippen LogP contribution in [0, 0.1) is 6.92 Å². The Kier molecular flexibility index (Phi) is 11.4. The molecule has 1 aliphatic carbocycles. The Labute approximate surface area is 219 Å². The van der Waals surface area contributed by atoms with E-state index in [4.69, 9.17) is 4.74 Å². The third kappa shape index (κ3) is 8.91. The van der Waals surface area contributed by atoms with Gasteiger partial charge in [0.05, 0.1) is 0 Å². The number of unbranched alkanes of at least 4 members (excludes halogenated alkanes) is 2. The highest BCUT2D eigenvalue weighted by molar-refractivity contribution is 7.98. The minimum Gasteiger partial charge on any atom is -0.507 e. The van der Waals surface area contributed by atoms with Gasteiger partial charge in [0.1, 0.15) is 23.4 Å². The van der Waals surface area contributed by atoms with E-state index in [0.717, 1.165) is 32.1 Å². The monoisotopic (exact) mass is 521 g/mol. The highest BCUT2D eigenvalue weighted by Gasteiger charge is 2.44. The number of hydrogen-bond donors (Lipinski definition) is 3. The molecule has 1 fully saturated rings. The van der Waals surface area contributed by atoms with E-state index in [0.29, 0.717) is 29.8 Å². The molecule has 0 heterocycles. The van der Waals surface area contributed by atoms with Gasteiger partial charge in [0, 0.05) is 18.2 Å². The van der Waals surface area contributed by atoms with E-state index >= 15 is 0 Å². The van der Waals surface area contributed by atoms with Crippen molar-refractivity contribution in [1.82, 2.24) is 15.5 Å². The zero-order chi connectivity index (χ0) is 26.9. The number of hydrogen-bond acceptors (Lipinski definition) is 6. The van der Waals surface area contributed by atoms with Crippen LogP contribution in [0.1, 0.15) is 83.4 Å². The highest BCUT2D eigenvalue weighted by Crippen LogP contribution is 2.39. The van der Waals surface area contributed by atoms with E-state index in [2.05, 4.69) is 17.6 Å². The SMILES string of the molecule is CCCCCNC(=O)C(c1cccc(C)c1O)N(C(=O)C(CCSC)NC(=O)OC(C)(C)C)C1CC1. The van der Waals surface area contributed by atoms with Gasteiger partial charge in [-0.3, -0.25) is 9.59 Å². The Hall–Kier alpha value is -2.42. The van der Waals surface area contributed by atoms with Gasteiger partial charge in [-0.2, -0.15) is 11.8 Å². The molecule has 202 valence electrons. The first-order valence-electron chi connectivity index (χ1n) is 12.9. The quantitative estimate of drug-likeness (QED) is 0.325. The van der Waals surface area contributed by atoms with Gasteiger partial charge < -0.3 is 25.4 Å². The number of thioether (sulfide) groups is 1. The second-order valence-electron chi connectivity index (χ2n) is 10.4. The molecule has 0 bridgehead atoms. The lowest BCUT2D eigenvalue weighted by atomic mass is 9.98. The van der Waals surface area contributed by atoms with Crippen molar-refractivity contribution in [2.75, 3.05) is 18.6 Å². The number of alkyl carbamates (subject to hydrolysis) is 1. The Bertz CT molecular complexity index is 898. The first kappa shape index (κ1) is 29.8. The van der Waals surface area contributed by atoms with Crippen molar-refractivity contribution in [3.63, 3.8) is 0 Å². The van der Waals surface area contributed by atoms with E-state index in [1.807, 2.05) is 6.26 Å². The van der Waals surface area contributed by atoms with E-state index < -0.39 is 23.8 Å². The summed E-state index contributed by atoms with van der Waals surface area (Å²) in [5.74, 6) is -0.0144. The highest BCUT2D eigenvalue weighted by atomic mass is 32.2. The van der Waals surface area contributed by atoms with Gasteiger partial charge >= 0.3 is 6.09 Å². The van der Waals surface area contributed by atoms with Crippen LogP contribution in [0.4, 0.5) is 4.79 Å². The van der Waals surface area contributed by atoms with Crippen LogP contribution in [-0.4, -0.2) is 64.2 Å². The summed E-state index contributed by atoms with van der Waals surface area (Å²) in [6.07, 6.45) is 6.04. The van der Waals surface area contributed by atoms with Crippen LogP contribution < -0.4 is 10.6 Å². The molecule has 0 aliphatic heterocycles. The number of nitrogens with one attached hydrogen (secondary N) is 2. The van der Waals surface area contributed by atoms with Crippen molar-refractivity contribution in [3.8, 4) is 5.75 Å². The predicted molar refractivity (Wildman–Crippen MR) is 144 cm³/mol. The summed E-state index contributed by atoms with van der Waals surface area (Å²) in [6, 6.07) is 3.25. The molecule has 8 nitrogen and oxygen atoms in total. The van der Waals surface area contributed by atoms with Crippen LogP contribution in [0.15, 0.2) is 18.2 Å². The van der Waals surface area contributed by atoms with Crippen LogP contribution >= 0.6 is 11.8 Å². The normalized spacial score (nSPS) is 15.1. The summed E-state index contributed by atoms with van der Waals surface area (Å²) in [5, 5.41) is 16.6. The fraction of sp³-hybridized carbons (Fsp3) is 0.667. The number of nitrogens with zero attached hydrogens (tertiary/aromatic N) is 1. The van der Waals surface area contributed by atoms with E-state index in [-0.39, 0.29) is 23.6 Å². The van der Waals surface area contributed by atoms with Crippen LogP contribution in [0.25, 0.3) is 0 Å². The van der Waals surface area contributed by atoms with Gasteiger partial charge in [-0.1, -0.05) is 38.0 Å². The topological polar surface area (TPSA) is 108 Å². The maximum atomic E-state index is 14.0. The maximum Gasteiger partial charge on any atom is 0.408 e. The van der Waals surface area contributed by atoms with Crippen LogP contribution in [0.2, 0.25) is 0 Å². The lowest BCUT2D eigenvalue weighted by Crippen LogP contribution is -2.54. The first-order chi connectivity index (χ1) is 17.0. The summed E-state index contributed by atoms with van der Waals surface area (Å²) in [5.41, 5.74) is 0.316. The number of aryl methyl sites for hydroxylation is 1. The number of carbonyl (C=O) groups excluding carboxylic acids is 3. The summed E-state index contributed by atoms with van der Waals surface area (Å²) >= 11 is 1.57. The van der Waals surface area contributed by atoms with Crippen molar-refractivity contribution >= 4 is 29.7 Å². The van der Waals surface area contributed by atoms with Crippen LogP contribution in [0.3, 0.4) is 0 Å². The molecule has 0 radical (unpaired) electrons. The summed E-state index contributed by atoms with van der Waals surface area (Å²) in [4.78, 5) is 41.7. The number of ether oxygens (including phenoxy) is 1. The molecule has 1 aromatic carbocycles. The lowest BCUT2D eigenvalue weighted by molar-refractivity contribution is -0.143. The number of phenolic OH excluding ortho intramolecular Hbond substituents is 1. The molecule has 1 aromatic rings. The smallest absolute Gasteiger partial charge is 0.408 e. The fourth-order valence-electron chi connectivity index (χ4n) is 4.00. The number of carbonyl (C=O) groups is 3. The maximum absolute atomic E-state index is 14.0. The summed E-state index contributed by atoms with van der Waals surface area (Å²) in [7, 11) is 0. The number of rotatable bonds is 13. The van der Waals surface area contributed by atoms with E-state index in [9.17, 15) is 19.5 Å². The minimum atomic E-state index is -0.997. The van der Waals surface area contributed by atoms with Gasteiger partial charge in [0.2, 0.25) is 11.8 Å². The minimum absolute atomic E-state index is 0.00502. The molecule has 1 aliphatic rings. The van der Waals surface area contributed by atoms with E-state index in [1.165, 1.54) is 0 Å². The molecule has 0 saturated heterocycles. The average Bonchev–Trinajstić information content (AvgIpc) is 3.63. The standard InChI is InChI=1S/C27H43N3O5S/c1-7-8-9-16-28-24(32)22(20-12-10-11-18(2)23(20)31)30(19-13-14-19)25(33)21(15-17-36-6)29-26(34)35-27(3,4)5/h10-12,19,21-22,31H,7-9,13-17H2,1-6H3,(H,28,32)(H,29,34). The molecule has 1 saturated carbocycles. The van der Waals surface area contributed by atoms with Crippen molar-refractivity contribution in [2.24, 2.45) is 0 Å². The molecule has 2 atom stereocenters. The third-order valence-corrected chi connectivity index (χ3v) is 6.61. The zero-order valence-corrected chi connectivity index (χ0v) is 23.4. The van der Waals surface area contributed by atoms with Gasteiger partial charge in [0.15, 0.2) is 0 Å². The Morgan fingerprint density at radius 1 is 1.22 bits per heavy atom. The van der Waals surface area contributed by atoms with Crippen molar-refractivity contribution in [2.45, 2.75) is 96.9 Å². The largest absolute Gasteiger partial charge is 0.507 e. The fourth-order valence-corrected chi connectivity index (χ4v) is 4.47. The number of aromatic hydroxyl groups is 1. The van der Waals surface area contributed by atoms with Crippen LogP contribution in [-0.2, 0) is 14.3 Å². The Morgan fingerprint density at radius 2 is 1.92 bits per heavy atom. The van der Waals surface area contributed by atoms with Crippen molar-refractivity contribution in [1.29, 1.82) is 0 Å². The van der Waals surface area contributed by atoms with E-state index in [1.54, 1.807) is 62.6 Å². The molecule has 0 spiro atoms. The summed E-state index contributed by atoms with van der Waals surface area (Å²) in [6.45, 7) is 9.65. The van der Waals surface area contributed by atoms with Gasteiger partial charge in [-0.15, -0.1) is 0 Å². The van der Waals surface area contributed by atoms with Crippen molar-refractivity contribution < 1.29 is 24.2 Å². The lowest BCUT2D eigenvalue weighted by Gasteiger charge is -2.35. The second kappa shape index (κ2) is 13.8. The molecule has 3 amide bonds. The zero-order valence-electron chi connectivity index (χ0n) is 22.6. The first-order valence-corrected chi connectivity index (χ1v) is 14.3. The Balaban J connectivity index is 2.42. The molecule has 2 unspecified atom stereocenters. The number of benzene rings is 1. The van der Waals surface area contributed by atoms with Gasteiger partial charge in [0.25, 0.3) is 0 Å².